The Bertz CT molecular complexity index is 6.00. The molecule has 0 spiro atoms. The van der Waals surface area contributed by atoms with Crippen LogP contribution in [0.5, 0.6) is 0 Å². The molecule has 0 heterocycles. The van der Waals surface area contributed by atoms with Gasteiger partial charge in [-0.15, -0.1) is 0 Å². The Kier molecular flexibility index (Phi) is 20.3. The zero-order valence-corrected chi connectivity index (χ0v) is 4.24. The molecule has 0 aromatic rings. The molecule has 0 unspecified atom stereocenters. The molecule has 0 aliphatic carbocycles. The van der Waals surface area contributed by atoms with Crippen molar-refractivity contribution in [2.24, 2.45) is 0 Å². The third-order valence-corrected chi connectivity index (χ3v) is 0. The predicted molar refractivity (Wildman–Crippen MR) is 31.7 cm³/mol. The van der Waals surface area contributed by atoms with Gasteiger partial charge in [0.1, 0.15) is 0 Å². The molecule has 2 heteroatoms. The summed E-state index contributed by atoms with van der Waals surface area (Å²) in [6.07, 6.45) is 0. The molecule has 0 fully saturated rings. The second-order valence-corrected chi connectivity index (χ2v) is 1.79. The van der Waals surface area contributed by atoms with Crippen LogP contribution < -0.4 is 0 Å². The predicted octanol–water partition coefficient (Wildman–Crippen LogP) is 0.793. The maximum absolute atomic E-state index is 2.29. The first-order valence-electron chi connectivity index (χ1n) is 0.974. The van der Waals surface area contributed by atoms with Crippen LogP contribution in [0.3, 0.4) is 0 Å². The number of hydrogen-bond donors (Lipinski definition) is 0. The molecule has 0 nitrogen and oxygen atoms in total. The van der Waals surface area contributed by atoms with Gasteiger partial charge in [-0.3, -0.25) is 0 Å². The van der Waals surface area contributed by atoms with Gasteiger partial charge in [0.2, 0.25) is 0 Å². The van der Waals surface area contributed by atoms with Crippen LogP contribution in [0.25, 0.3) is 0 Å². The molecule has 0 rings (SSSR count). The quantitative estimate of drug-likeness (QED) is 0.293. The zero-order chi connectivity index (χ0) is 2.71. The minimum absolute atomic E-state index is 0. The third-order valence-electron chi connectivity index (χ3n) is 0. The van der Waals surface area contributed by atoms with E-state index < -0.39 is 0 Å². The Balaban J connectivity index is 0. The Morgan fingerprint density at radius 2 is 1.75 bits per heavy atom. The SMILES string of the molecule is CCI.[NaH]. The first kappa shape index (κ1) is 9.21. The van der Waals surface area contributed by atoms with Gasteiger partial charge in [-0.05, 0) is 4.43 Å². The molecule has 0 N–H and O–H groups in total. The van der Waals surface area contributed by atoms with Gasteiger partial charge in [-0.25, -0.2) is 0 Å². The van der Waals surface area contributed by atoms with Crippen LogP contribution in [0.4, 0.5) is 0 Å². The van der Waals surface area contributed by atoms with E-state index in [0.29, 0.717) is 0 Å². The Morgan fingerprint density at radius 1 is 1.75 bits per heavy atom. The van der Waals surface area contributed by atoms with E-state index in [1.54, 1.807) is 0 Å². The average Bonchev–Trinajstić information content (AvgIpc) is 0.918. The fraction of sp³-hybridized carbons (Fsp3) is 1.00. The monoisotopic (exact) mass is 180 g/mol. The van der Waals surface area contributed by atoms with E-state index in [0.717, 1.165) is 0 Å². The number of rotatable bonds is 0. The molecule has 0 radical (unpaired) electrons. The molecule has 0 saturated carbocycles. The molecular formula is C2H6INa. The van der Waals surface area contributed by atoms with Gasteiger partial charge in [0, 0.05) is 0 Å². The van der Waals surface area contributed by atoms with Crippen LogP contribution in [-0.2, 0) is 0 Å². The summed E-state index contributed by atoms with van der Waals surface area (Å²) < 4.78 is 1.22. The van der Waals surface area contributed by atoms with Crippen molar-refractivity contribution in [3.8, 4) is 0 Å². The van der Waals surface area contributed by atoms with E-state index in [9.17, 15) is 0 Å². The topological polar surface area (TPSA) is 0 Å². The van der Waals surface area contributed by atoms with Crippen molar-refractivity contribution < 1.29 is 0 Å². The minimum atomic E-state index is 0. The van der Waals surface area contributed by atoms with Gasteiger partial charge in [-0.2, -0.15) is 0 Å². The second kappa shape index (κ2) is 8.83. The molecule has 0 atom stereocenters. The fourth-order valence-corrected chi connectivity index (χ4v) is 0. The molecule has 0 aliphatic rings. The van der Waals surface area contributed by atoms with Crippen LogP contribution in [0.15, 0.2) is 0 Å². The van der Waals surface area contributed by atoms with E-state index in [2.05, 4.69) is 29.5 Å². The first-order valence-corrected chi connectivity index (χ1v) is 2.50. The molecule has 0 aromatic carbocycles. The van der Waals surface area contributed by atoms with Crippen molar-refractivity contribution in [1.29, 1.82) is 0 Å². The van der Waals surface area contributed by atoms with Gasteiger partial charge in [0.15, 0.2) is 0 Å². The second-order valence-electron chi connectivity index (χ2n) is 0.267. The molecule has 0 saturated heterocycles. The van der Waals surface area contributed by atoms with E-state index in [1.165, 1.54) is 4.43 Å². The summed E-state index contributed by atoms with van der Waals surface area (Å²) in [7, 11) is 0. The van der Waals surface area contributed by atoms with Crippen molar-refractivity contribution >= 4 is 52.1 Å². The summed E-state index contributed by atoms with van der Waals surface area (Å²) in [6.45, 7) is 2.11. The van der Waals surface area contributed by atoms with Crippen molar-refractivity contribution in [2.75, 3.05) is 4.43 Å². The van der Waals surface area contributed by atoms with Crippen molar-refractivity contribution in [3.05, 3.63) is 0 Å². The van der Waals surface area contributed by atoms with Crippen LogP contribution in [0.2, 0.25) is 0 Å². The van der Waals surface area contributed by atoms with Gasteiger partial charge in [-0.1, -0.05) is 29.5 Å². The van der Waals surface area contributed by atoms with Crippen molar-refractivity contribution in [1.82, 2.24) is 0 Å². The Hall–Kier alpha value is 1.73. The van der Waals surface area contributed by atoms with Gasteiger partial charge in [0.25, 0.3) is 0 Å². The Labute approximate surface area is 62.8 Å². The van der Waals surface area contributed by atoms with Crippen LogP contribution in [0, 0.1) is 0 Å². The average molecular weight is 180 g/mol. The first-order chi connectivity index (χ1) is 1.41. The van der Waals surface area contributed by atoms with Crippen LogP contribution in [-0.4, -0.2) is 34.0 Å². The summed E-state index contributed by atoms with van der Waals surface area (Å²) in [5.74, 6) is 0. The fourth-order valence-electron chi connectivity index (χ4n) is 0. The molecule has 0 bridgehead atoms. The normalized spacial score (nSPS) is 4.50. The molecule has 4 heavy (non-hydrogen) atoms. The summed E-state index contributed by atoms with van der Waals surface area (Å²) >= 11 is 2.29. The summed E-state index contributed by atoms with van der Waals surface area (Å²) in [5, 5.41) is 0. The van der Waals surface area contributed by atoms with E-state index in [1.807, 2.05) is 0 Å². The molecule has 0 amide bonds. The third kappa shape index (κ3) is 9.29. The molecular weight excluding hydrogens is 174 g/mol. The van der Waals surface area contributed by atoms with Crippen LogP contribution >= 0.6 is 22.6 Å². The Morgan fingerprint density at radius 3 is 1.75 bits per heavy atom. The number of alkyl halides is 1. The van der Waals surface area contributed by atoms with Crippen molar-refractivity contribution in [3.63, 3.8) is 0 Å². The summed E-state index contributed by atoms with van der Waals surface area (Å²) in [5.41, 5.74) is 0. The molecule has 0 aromatic heterocycles. The van der Waals surface area contributed by atoms with Gasteiger partial charge >= 0.3 is 29.6 Å². The molecule has 22 valence electrons. The van der Waals surface area contributed by atoms with Gasteiger partial charge < -0.3 is 0 Å². The zero-order valence-electron chi connectivity index (χ0n) is 2.09. The summed E-state index contributed by atoms with van der Waals surface area (Å²) in [4.78, 5) is 0. The standard InChI is InChI=1S/C2H5I.Na.H/c1-2-3;;/h2H2,1H3;;. The van der Waals surface area contributed by atoms with E-state index in [-0.39, 0.29) is 29.6 Å². The van der Waals surface area contributed by atoms with Crippen LogP contribution in [0.1, 0.15) is 6.92 Å². The van der Waals surface area contributed by atoms with Gasteiger partial charge in [0.05, 0.1) is 0 Å². The summed E-state index contributed by atoms with van der Waals surface area (Å²) in [6, 6.07) is 0. The van der Waals surface area contributed by atoms with Crippen molar-refractivity contribution in [2.45, 2.75) is 6.92 Å². The van der Waals surface area contributed by atoms with E-state index >= 15 is 0 Å². The number of hydrogen-bond acceptors (Lipinski definition) is 0. The molecule has 0 aliphatic heterocycles. The maximum atomic E-state index is 2.29. The number of halogens is 1. The van der Waals surface area contributed by atoms with E-state index in [4.69, 9.17) is 0 Å².